The summed E-state index contributed by atoms with van der Waals surface area (Å²) in [6.07, 6.45) is 0. The van der Waals surface area contributed by atoms with E-state index in [1.54, 1.807) is 31.2 Å². The molecule has 0 spiro atoms. The molecule has 2 heterocycles. The molecule has 1 amide bonds. The van der Waals surface area contributed by atoms with Crippen LogP contribution < -0.4 is 4.90 Å². The van der Waals surface area contributed by atoms with Gasteiger partial charge in [-0.2, -0.15) is 8.42 Å². The fourth-order valence-corrected chi connectivity index (χ4v) is 5.62. The molecular weight excluding hydrogens is 376 g/mol. The summed E-state index contributed by atoms with van der Waals surface area (Å²) in [5, 5.41) is -0.241. The molecule has 1 fully saturated rings. The summed E-state index contributed by atoms with van der Waals surface area (Å²) < 4.78 is 29.1. The zero-order chi connectivity index (χ0) is 16.6. The zero-order valence-electron chi connectivity index (χ0n) is 11.8. The molecule has 0 aliphatic carbocycles. The van der Waals surface area contributed by atoms with Crippen LogP contribution in [-0.4, -0.2) is 24.7 Å². The lowest BCUT2D eigenvalue weighted by molar-refractivity contribution is -0.116. The summed E-state index contributed by atoms with van der Waals surface area (Å²) in [6, 6.07) is 11.8. The Hall–Kier alpha value is -1.35. The maximum Gasteiger partial charge on any atom is 0.294 e. The number of hydrogen-bond donors (Lipinski definition) is 0. The highest BCUT2D eigenvalue weighted by Gasteiger charge is 2.37. The normalized spacial score (nSPS) is 20.4. The van der Waals surface area contributed by atoms with Gasteiger partial charge in [-0.05, 0) is 31.2 Å². The number of carbonyl (C=O) groups excluding carboxylic acids is 1. The topological polar surface area (TPSA) is 66.8 Å². The highest BCUT2D eigenvalue weighted by atomic mass is 35.5. The summed E-state index contributed by atoms with van der Waals surface area (Å²) in [6.45, 7) is 1.72. The number of carbonyl (C=O) groups is 1. The molecule has 1 aliphatic rings. The van der Waals surface area contributed by atoms with Crippen LogP contribution in [0.25, 0.3) is 0 Å². The van der Waals surface area contributed by atoms with Crippen molar-refractivity contribution in [3.05, 3.63) is 46.8 Å². The Balaban J connectivity index is 2.05. The predicted octanol–water partition coefficient (Wildman–Crippen LogP) is 3.61. The summed E-state index contributed by atoms with van der Waals surface area (Å²) >= 11 is 7.85. The average molecular weight is 387 g/mol. The van der Waals surface area contributed by atoms with Crippen molar-refractivity contribution >= 4 is 61.5 Å². The molecule has 3 rings (SSSR count). The molecule has 23 heavy (non-hydrogen) atoms. The number of thioether (sulfide) groups is 1. The van der Waals surface area contributed by atoms with Gasteiger partial charge in [0.05, 0.1) is 15.3 Å². The van der Waals surface area contributed by atoms with Gasteiger partial charge in [0.1, 0.15) is 4.21 Å². The van der Waals surface area contributed by atoms with E-state index in [0.717, 1.165) is 23.1 Å². The first-order chi connectivity index (χ1) is 10.9. The van der Waals surface area contributed by atoms with Crippen LogP contribution in [0.1, 0.15) is 6.92 Å². The van der Waals surface area contributed by atoms with Gasteiger partial charge in [0.15, 0.2) is 5.17 Å². The van der Waals surface area contributed by atoms with Crippen LogP contribution in [0.4, 0.5) is 5.69 Å². The highest BCUT2D eigenvalue weighted by molar-refractivity contribution is 8.16. The first-order valence-electron chi connectivity index (χ1n) is 6.54. The Morgan fingerprint density at radius 1 is 1.17 bits per heavy atom. The monoisotopic (exact) mass is 386 g/mol. The molecule has 0 radical (unpaired) electrons. The van der Waals surface area contributed by atoms with Crippen molar-refractivity contribution in [2.75, 3.05) is 4.90 Å². The van der Waals surface area contributed by atoms with Gasteiger partial charge < -0.3 is 0 Å². The molecule has 9 heteroatoms. The number of hydrogen-bond acceptors (Lipinski definition) is 5. The number of para-hydroxylation sites is 1. The van der Waals surface area contributed by atoms with E-state index in [9.17, 15) is 13.2 Å². The molecule has 5 nitrogen and oxygen atoms in total. The number of benzene rings is 1. The van der Waals surface area contributed by atoms with Crippen LogP contribution in [0.2, 0.25) is 4.34 Å². The third-order valence-corrected chi connectivity index (χ3v) is 7.18. The number of thiophene rings is 1. The average Bonchev–Trinajstić information content (AvgIpc) is 3.05. The van der Waals surface area contributed by atoms with Gasteiger partial charge >= 0.3 is 0 Å². The van der Waals surface area contributed by atoms with Gasteiger partial charge in [-0.25, -0.2) is 0 Å². The Kier molecular flexibility index (Phi) is 4.50. The van der Waals surface area contributed by atoms with Crippen LogP contribution in [0, 0.1) is 0 Å². The molecule has 0 N–H and O–H groups in total. The van der Waals surface area contributed by atoms with Crippen molar-refractivity contribution in [2.24, 2.45) is 4.40 Å². The van der Waals surface area contributed by atoms with E-state index in [1.807, 2.05) is 6.07 Å². The second-order valence-electron chi connectivity index (χ2n) is 4.68. The number of halogens is 1. The standard InChI is InChI=1S/C14H11ClN2O3S3/c1-9-13(18)17(10-5-3-2-4-6-10)14(21-9)16-23(19,20)12-8-7-11(15)22-12/h2-9H,1H3/t9-/m0/s1. The van der Waals surface area contributed by atoms with E-state index in [1.165, 1.54) is 17.0 Å². The lowest BCUT2D eigenvalue weighted by Gasteiger charge is -2.15. The second-order valence-corrected chi connectivity index (χ2v) is 9.53. The predicted molar refractivity (Wildman–Crippen MR) is 94.9 cm³/mol. The molecule has 2 aromatic rings. The third-order valence-electron chi connectivity index (χ3n) is 3.06. The van der Waals surface area contributed by atoms with E-state index < -0.39 is 15.3 Å². The van der Waals surface area contributed by atoms with Crippen LogP contribution in [0.15, 0.2) is 51.1 Å². The lowest BCUT2D eigenvalue weighted by atomic mass is 10.3. The van der Waals surface area contributed by atoms with Crippen molar-refractivity contribution in [1.82, 2.24) is 0 Å². The number of amides is 1. The Morgan fingerprint density at radius 3 is 2.48 bits per heavy atom. The molecule has 0 unspecified atom stereocenters. The van der Waals surface area contributed by atoms with E-state index in [4.69, 9.17) is 11.6 Å². The fourth-order valence-electron chi connectivity index (χ4n) is 2.00. The number of sulfonamides is 1. The summed E-state index contributed by atoms with van der Waals surface area (Å²) in [7, 11) is -3.90. The largest absolute Gasteiger partial charge is 0.294 e. The van der Waals surface area contributed by atoms with Crippen LogP contribution in [0.5, 0.6) is 0 Å². The Morgan fingerprint density at radius 2 is 1.87 bits per heavy atom. The van der Waals surface area contributed by atoms with Gasteiger partial charge in [0, 0.05) is 0 Å². The SMILES string of the molecule is C[C@@H]1SC(=NS(=O)(=O)c2ccc(Cl)s2)N(c2ccccc2)C1=O. The lowest BCUT2D eigenvalue weighted by Crippen LogP contribution is -2.31. The molecule has 1 aromatic heterocycles. The van der Waals surface area contributed by atoms with Crippen LogP contribution in [-0.2, 0) is 14.8 Å². The zero-order valence-corrected chi connectivity index (χ0v) is 15.0. The summed E-state index contributed by atoms with van der Waals surface area (Å²) in [4.78, 5) is 13.7. The first kappa shape index (κ1) is 16.5. The molecule has 1 saturated heterocycles. The molecular formula is C14H11ClN2O3S3. The number of nitrogens with zero attached hydrogens (tertiary/aromatic N) is 2. The van der Waals surface area contributed by atoms with Crippen molar-refractivity contribution in [3.63, 3.8) is 0 Å². The Bertz CT molecular complexity index is 878. The minimum Gasteiger partial charge on any atom is -0.273 e. The summed E-state index contributed by atoms with van der Waals surface area (Å²) in [5.74, 6) is -0.195. The highest BCUT2D eigenvalue weighted by Crippen LogP contribution is 2.34. The maximum atomic E-state index is 12.4. The van der Waals surface area contributed by atoms with Gasteiger partial charge in [-0.3, -0.25) is 9.69 Å². The number of amidine groups is 1. The number of anilines is 1. The quantitative estimate of drug-likeness (QED) is 0.808. The van der Waals surface area contributed by atoms with E-state index >= 15 is 0 Å². The van der Waals surface area contributed by atoms with Crippen molar-refractivity contribution in [3.8, 4) is 0 Å². The smallest absolute Gasteiger partial charge is 0.273 e. The summed E-state index contributed by atoms with van der Waals surface area (Å²) in [5.41, 5.74) is 0.590. The second kappa shape index (κ2) is 6.27. The van der Waals surface area contributed by atoms with Gasteiger partial charge in [0.25, 0.3) is 10.0 Å². The molecule has 1 aromatic carbocycles. The van der Waals surface area contributed by atoms with Gasteiger partial charge in [-0.15, -0.1) is 15.7 Å². The first-order valence-corrected chi connectivity index (χ1v) is 10.1. The Labute approximate surface area is 147 Å². The van der Waals surface area contributed by atoms with Crippen molar-refractivity contribution in [1.29, 1.82) is 0 Å². The molecule has 1 aliphatic heterocycles. The van der Waals surface area contributed by atoms with E-state index in [-0.39, 0.29) is 15.3 Å². The minimum absolute atomic E-state index is 0.0515. The third kappa shape index (κ3) is 3.30. The van der Waals surface area contributed by atoms with E-state index in [2.05, 4.69) is 4.40 Å². The van der Waals surface area contributed by atoms with Crippen LogP contribution >= 0.6 is 34.7 Å². The van der Waals surface area contributed by atoms with Gasteiger partial charge in [0.2, 0.25) is 5.91 Å². The molecule has 1 atom stereocenters. The molecule has 0 bridgehead atoms. The number of rotatable bonds is 3. The molecule has 0 saturated carbocycles. The fraction of sp³-hybridized carbons (Fsp3) is 0.143. The minimum atomic E-state index is -3.90. The van der Waals surface area contributed by atoms with Crippen molar-refractivity contribution in [2.45, 2.75) is 16.4 Å². The molecule has 120 valence electrons. The maximum absolute atomic E-state index is 12.4. The van der Waals surface area contributed by atoms with E-state index in [0.29, 0.717) is 10.0 Å². The van der Waals surface area contributed by atoms with Crippen LogP contribution in [0.3, 0.4) is 0 Å². The van der Waals surface area contributed by atoms with Crippen molar-refractivity contribution < 1.29 is 13.2 Å². The van der Waals surface area contributed by atoms with Gasteiger partial charge in [-0.1, -0.05) is 41.6 Å².